The molecule has 1 atom stereocenters. The molecule has 1 aliphatic rings. The van der Waals surface area contributed by atoms with E-state index < -0.39 is 0 Å². The Bertz CT molecular complexity index is 670. The van der Waals surface area contributed by atoms with Crippen LogP contribution in [-0.4, -0.2) is 37.0 Å². The summed E-state index contributed by atoms with van der Waals surface area (Å²) in [6.45, 7) is 1.93. The fraction of sp³-hybridized carbons (Fsp3) is 0.357. The Kier molecular flexibility index (Phi) is 3.70. The van der Waals surface area contributed by atoms with Crippen LogP contribution in [0, 0.1) is 0 Å². The van der Waals surface area contributed by atoms with Gasteiger partial charge in [-0.05, 0) is 32.1 Å². The molecule has 1 aliphatic heterocycles. The van der Waals surface area contributed by atoms with Gasteiger partial charge in [0.2, 0.25) is 0 Å². The molecule has 0 radical (unpaired) electrons. The maximum atomic E-state index is 12.4. The second-order valence-corrected chi connectivity index (χ2v) is 7.17. The first-order valence-electron chi connectivity index (χ1n) is 6.51. The molecule has 1 amide bonds. The number of halogens is 1. The molecule has 1 aromatic carbocycles. The summed E-state index contributed by atoms with van der Waals surface area (Å²) in [6.07, 6.45) is 0.999. The summed E-state index contributed by atoms with van der Waals surface area (Å²) in [7, 11) is 2.07. The van der Waals surface area contributed by atoms with Gasteiger partial charge in [-0.1, -0.05) is 22.0 Å². The van der Waals surface area contributed by atoms with E-state index >= 15 is 0 Å². The lowest BCUT2D eigenvalue weighted by Crippen LogP contribution is -2.36. The number of carbonyl (C=O) groups excluding carboxylic acids is 1. The van der Waals surface area contributed by atoms with Crippen LogP contribution in [0.15, 0.2) is 22.7 Å². The van der Waals surface area contributed by atoms with Crippen LogP contribution < -0.4 is 11.1 Å². The molecule has 0 saturated carbocycles. The molecule has 106 valence electrons. The summed E-state index contributed by atoms with van der Waals surface area (Å²) < 4.78 is 2.03. The normalized spacial score (nSPS) is 19.6. The number of nitrogen functional groups attached to an aromatic ring is 1. The van der Waals surface area contributed by atoms with Gasteiger partial charge >= 0.3 is 0 Å². The Balaban J connectivity index is 1.86. The van der Waals surface area contributed by atoms with Crippen molar-refractivity contribution < 1.29 is 4.79 Å². The van der Waals surface area contributed by atoms with Gasteiger partial charge < -0.3 is 16.0 Å². The second-order valence-electron chi connectivity index (χ2n) is 5.21. The van der Waals surface area contributed by atoms with Crippen LogP contribution in [0.5, 0.6) is 0 Å². The number of fused-ring (bicyclic) bond motifs is 1. The first-order chi connectivity index (χ1) is 9.54. The number of amides is 1. The third-order valence-electron chi connectivity index (χ3n) is 3.62. The standard InChI is InChI=1S/C14H16BrN3OS/c1-18-5-4-9(7-18)17-14(19)13-12(16)10-3-2-8(15)6-11(10)20-13/h2-3,6,9H,4-5,7,16H2,1H3,(H,17,19). The number of anilines is 1. The van der Waals surface area contributed by atoms with Crippen molar-refractivity contribution in [3.8, 4) is 0 Å². The second kappa shape index (κ2) is 5.35. The van der Waals surface area contributed by atoms with Gasteiger partial charge in [0.15, 0.2) is 0 Å². The predicted molar refractivity (Wildman–Crippen MR) is 87.3 cm³/mol. The molecule has 0 spiro atoms. The molecule has 0 bridgehead atoms. The molecule has 0 aliphatic carbocycles. The van der Waals surface area contributed by atoms with Crippen LogP contribution >= 0.6 is 27.3 Å². The number of rotatable bonds is 2. The first kappa shape index (κ1) is 13.9. The van der Waals surface area contributed by atoms with E-state index in [1.807, 2.05) is 18.2 Å². The number of thiophene rings is 1. The van der Waals surface area contributed by atoms with Gasteiger partial charge in [-0.25, -0.2) is 0 Å². The number of nitrogens with one attached hydrogen (secondary N) is 1. The maximum Gasteiger partial charge on any atom is 0.263 e. The number of hydrogen-bond donors (Lipinski definition) is 2. The monoisotopic (exact) mass is 353 g/mol. The molecule has 1 unspecified atom stereocenters. The number of nitrogens with two attached hydrogens (primary N) is 1. The molecule has 1 fully saturated rings. The van der Waals surface area contributed by atoms with Gasteiger partial charge in [0, 0.05) is 27.1 Å². The minimum atomic E-state index is -0.0554. The number of likely N-dealkylation sites (tertiary alicyclic amines) is 1. The maximum absolute atomic E-state index is 12.4. The molecule has 6 heteroatoms. The van der Waals surface area contributed by atoms with Crippen molar-refractivity contribution >= 4 is 48.9 Å². The lowest BCUT2D eigenvalue weighted by atomic mass is 10.2. The van der Waals surface area contributed by atoms with Crippen molar-refractivity contribution in [3.05, 3.63) is 27.5 Å². The van der Waals surface area contributed by atoms with E-state index in [0.29, 0.717) is 10.6 Å². The summed E-state index contributed by atoms with van der Waals surface area (Å²) in [5.41, 5.74) is 6.70. The van der Waals surface area contributed by atoms with Crippen molar-refractivity contribution in [1.82, 2.24) is 10.2 Å². The van der Waals surface area contributed by atoms with Crippen LogP contribution in [0.2, 0.25) is 0 Å². The van der Waals surface area contributed by atoms with Crippen molar-refractivity contribution in [2.24, 2.45) is 0 Å². The molecule has 4 nitrogen and oxygen atoms in total. The summed E-state index contributed by atoms with van der Waals surface area (Å²) in [4.78, 5) is 15.2. The topological polar surface area (TPSA) is 58.4 Å². The van der Waals surface area contributed by atoms with E-state index in [0.717, 1.165) is 34.1 Å². The highest BCUT2D eigenvalue weighted by molar-refractivity contribution is 9.10. The van der Waals surface area contributed by atoms with E-state index in [-0.39, 0.29) is 11.9 Å². The molecule has 1 saturated heterocycles. The minimum Gasteiger partial charge on any atom is -0.397 e. The Labute approximate surface area is 130 Å². The van der Waals surface area contributed by atoms with E-state index in [4.69, 9.17) is 5.73 Å². The molecular formula is C14H16BrN3OS. The number of hydrogen-bond acceptors (Lipinski definition) is 4. The molecule has 1 aromatic heterocycles. The van der Waals surface area contributed by atoms with E-state index in [9.17, 15) is 4.79 Å². The number of likely N-dealkylation sites (N-methyl/N-ethyl adjacent to an activating group) is 1. The van der Waals surface area contributed by atoms with Gasteiger partial charge in [-0.15, -0.1) is 11.3 Å². The Morgan fingerprint density at radius 1 is 1.55 bits per heavy atom. The van der Waals surface area contributed by atoms with Gasteiger partial charge in [-0.3, -0.25) is 4.79 Å². The van der Waals surface area contributed by atoms with Crippen molar-refractivity contribution in [2.75, 3.05) is 25.9 Å². The van der Waals surface area contributed by atoms with Gasteiger partial charge in [0.05, 0.1) is 5.69 Å². The Hall–Kier alpha value is -1.11. The largest absolute Gasteiger partial charge is 0.397 e. The molecular weight excluding hydrogens is 338 g/mol. The summed E-state index contributed by atoms with van der Waals surface area (Å²) in [6, 6.07) is 6.12. The van der Waals surface area contributed by atoms with E-state index in [1.54, 1.807) is 0 Å². The van der Waals surface area contributed by atoms with Crippen LogP contribution in [0.3, 0.4) is 0 Å². The minimum absolute atomic E-state index is 0.0554. The average Bonchev–Trinajstić information content (AvgIpc) is 2.94. The summed E-state index contributed by atoms with van der Waals surface area (Å²) in [5.74, 6) is -0.0554. The van der Waals surface area contributed by atoms with Crippen LogP contribution in [0.4, 0.5) is 5.69 Å². The predicted octanol–water partition coefficient (Wildman–Crippen LogP) is 2.68. The van der Waals surface area contributed by atoms with Crippen LogP contribution in [-0.2, 0) is 0 Å². The average molecular weight is 354 g/mol. The van der Waals surface area contributed by atoms with Crippen LogP contribution in [0.25, 0.3) is 10.1 Å². The zero-order chi connectivity index (χ0) is 14.3. The smallest absolute Gasteiger partial charge is 0.263 e. The highest BCUT2D eigenvalue weighted by Gasteiger charge is 2.24. The van der Waals surface area contributed by atoms with Crippen molar-refractivity contribution in [1.29, 1.82) is 0 Å². The zero-order valence-electron chi connectivity index (χ0n) is 11.1. The van der Waals surface area contributed by atoms with E-state index in [1.165, 1.54) is 11.3 Å². The quantitative estimate of drug-likeness (QED) is 0.872. The molecule has 3 N–H and O–H groups in total. The van der Waals surface area contributed by atoms with E-state index in [2.05, 4.69) is 33.2 Å². The Morgan fingerprint density at radius 2 is 2.35 bits per heavy atom. The number of benzene rings is 1. The summed E-state index contributed by atoms with van der Waals surface area (Å²) in [5, 5.41) is 4.03. The fourth-order valence-corrected chi connectivity index (χ4v) is 4.14. The highest BCUT2D eigenvalue weighted by atomic mass is 79.9. The molecule has 2 heterocycles. The SMILES string of the molecule is CN1CCC(NC(=O)c2sc3cc(Br)ccc3c2N)C1. The third kappa shape index (κ3) is 2.55. The van der Waals surface area contributed by atoms with Gasteiger partial charge in [0.1, 0.15) is 4.88 Å². The highest BCUT2D eigenvalue weighted by Crippen LogP contribution is 2.35. The molecule has 3 rings (SSSR count). The Morgan fingerprint density at radius 3 is 3.05 bits per heavy atom. The fourth-order valence-electron chi connectivity index (χ4n) is 2.56. The van der Waals surface area contributed by atoms with Gasteiger partial charge in [0.25, 0.3) is 5.91 Å². The van der Waals surface area contributed by atoms with Crippen molar-refractivity contribution in [2.45, 2.75) is 12.5 Å². The summed E-state index contributed by atoms with van der Waals surface area (Å²) >= 11 is 4.89. The van der Waals surface area contributed by atoms with Crippen LogP contribution in [0.1, 0.15) is 16.1 Å². The lowest BCUT2D eigenvalue weighted by Gasteiger charge is -2.12. The first-order valence-corrected chi connectivity index (χ1v) is 8.12. The lowest BCUT2D eigenvalue weighted by molar-refractivity contribution is 0.0943. The zero-order valence-corrected chi connectivity index (χ0v) is 13.6. The molecule has 20 heavy (non-hydrogen) atoms. The third-order valence-corrected chi connectivity index (χ3v) is 5.28. The molecule has 2 aromatic rings. The number of nitrogens with zero attached hydrogens (tertiary/aromatic N) is 1. The number of carbonyl (C=O) groups is 1. The van der Waals surface area contributed by atoms with Crippen molar-refractivity contribution in [3.63, 3.8) is 0 Å². The van der Waals surface area contributed by atoms with Gasteiger partial charge in [-0.2, -0.15) is 0 Å².